The van der Waals surface area contributed by atoms with Crippen molar-refractivity contribution in [1.29, 1.82) is 0 Å². The normalized spacial score (nSPS) is 9.68. The minimum Gasteiger partial charge on any atom is -0.497 e. The summed E-state index contributed by atoms with van der Waals surface area (Å²) in [7, 11) is 1.68. The summed E-state index contributed by atoms with van der Waals surface area (Å²) in [6.45, 7) is 0.875. The summed E-state index contributed by atoms with van der Waals surface area (Å²) in [6.07, 6.45) is 6.34. The SMILES string of the molecule is C#Cc1cccc(NCCc2ccc(OC)cc2)c1. The van der Waals surface area contributed by atoms with Crippen molar-refractivity contribution in [1.82, 2.24) is 0 Å². The molecule has 0 bridgehead atoms. The zero-order valence-electron chi connectivity index (χ0n) is 11.0. The molecule has 1 N–H and O–H groups in total. The van der Waals surface area contributed by atoms with Gasteiger partial charge in [0.25, 0.3) is 0 Å². The van der Waals surface area contributed by atoms with Gasteiger partial charge in [0.2, 0.25) is 0 Å². The quantitative estimate of drug-likeness (QED) is 0.823. The number of ether oxygens (including phenoxy) is 1. The van der Waals surface area contributed by atoms with Crippen molar-refractivity contribution < 1.29 is 4.74 Å². The third-order valence-corrected chi connectivity index (χ3v) is 2.93. The lowest BCUT2D eigenvalue weighted by Crippen LogP contribution is -2.04. The van der Waals surface area contributed by atoms with Gasteiger partial charge < -0.3 is 10.1 Å². The third kappa shape index (κ3) is 3.79. The van der Waals surface area contributed by atoms with Crippen LogP contribution in [0.15, 0.2) is 48.5 Å². The number of benzene rings is 2. The number of terminal acetylenes is 1. The maximum atomic E-state index is 5.38. The van der Waals surface area contributed by atoms with Gasteiger partial charge in [-0.25, -0.2) is 0 Å². The molecule has 0 aromatic heterocycles. The van der Waals surface area contributed by atoms with Crippen molar-refractivity contribution in [3.05, 3.63) is 59.7 Å². The Morgan fingerprint density at radius 2 is 1.95 bits per heavy atom. The van der Waals surface area contributed by atoms with Crippen molar-refractivity contribution >= 4 is 5.69 Å². The van der Waals surface area contributed by atoms with Crippen molar-refractivity contribution in [2.45, 2.75) is 6.42 Å². The van der Waals surface area contributed by atoms with Crippen LogP contribution in [0.25, 0.3) is 0 Å². The van der Waals surface area contributed by atoms with Crippen LogP contribution in [0.5, 0.6) is 5.75 Å². The third-order valence-electron chi connectivity index (χ3n) is 2.93. The smallest absolute Gasteiger partial charge is 0.118 e. The zero-order valence-corrected chi connectivity index (χ0v) is 11.0. The van der Waals surface area contributed by atoms with Crippen LogP contribution >= 0.6 is 0 Å². The summed E-state index contributed by atoms with van der Waals surface area (Å²) in [5, 5.41) is 3.37. The van der Waals surface area contributed by atoms with Crippen LogP contribution in [0, 0.1) is 12.3 Å². The van der Waals surface area contributed by atoms with Gasteiger partial charge in [0.15, 0.2) is 0 Å². The van der Waals surface area contributed by atoms with E-state index in [-0.39, 0.29) is 0 Å². The second-order valence-electron chi connectivity index (χ2n) is 4.25. The predicted molar refractivity (Wildman–Crippen MR) is 79.6 cm³/mol. The maximum absolute atomic E-state index is 5.38. The Bertz CT molecular complexity index is 567. The highest BCUT2D eigenvalue weighted by molar-refractivity contribution is 5.50. The molecule has 2 rings (SSSR count). The summed E-state index contributed by atoms with van der Waals surface area (Å²) < 4.78 is 5.13. The van der Waals surface area contributed by atoms with Crippen LogP contribution < -0.4 is 10.1 Å². The van der Waals surface area contributed by atoms with Crippen molar-refractivity contribution in [2.75, 3.05) is 19.0 Å². The molecule has 2 nitrogen and oxygen atoms in total. The number of nitrogens with one attached hydrogen (secondary N) is 1. The first-order valence-corrected chi connectivity index (χ1v) is 6.25. The van der Waals surface area contributed by atoms with E-state index in [1.807, 2.05) is 36.4 Å². The fraction of sp³-hybridized carbons (Fsp3) is 0.176. The second kappa shape index (κ2) is 6.51. The van der Waals surface area contributed by atoms with Gasteiger partial charge in [-0.2, -0.15) is 0 Å². The lowest BCUT2D eigenvalue weighted by molar-refractivity contribution is 0.414. The van der Waals surface area contributed by atoms with Crippen LogP contribution in [-0.4, -0.2) is 13.7 Å². The van der Waals surface area contributed by atoms with E-state index in [4.69, 9.17) is 11.2 Å². The standard InChI is InChI=1S/C17H17NO/c1-3-14-5-4-6-16(13-14)18-12-11-15-7-9-17(19-2)10-8-15/h1,4-10,13,18H,11-12H2,2H3. The van der Waals surface area contributed by atoms with E-state index in [1.54, 1.807) is 7.11 Å². The maximum Gasteiger partial charge on any atom is 0.118 e. The Balaban J connectivity index is 1.87. The molecule has 0 aliphatic heterocycles. The minimum atomic E-state index is 0.875. The fourth-order valence-corrected chi connectivity index (χ4v) is 1.86. The van der Waals surface area contributed by atoms with Crippen molar-refractivity contribution in [2.24, 2.45) is 0 Å². The molecule has 2 aromatic carbocycles. The molecule has 96 valence electrons. The van der Waals surface area contributed by atoms with Crippen LogP contribution in [-0.2, 0) is 6.42 Å². The average Bonchev–Trinajstić information content (AvgIpc) is 2.48. The molecular formula is C17H17NO. The Morgan fingerprint density at radius 1 is 1.16 bits per heavy atom. The molecule has 0 spiro atoms. The second-order valence-corrected chi connectivity index (χ2v) is 4.25. The monoisotopic (exact) mass is 251 g/mol. The van der Waals surface area contributed by atoms with Gasteiger partial charge in [0.05, 0.1) is 7.11 Å². The highest BCUT2D eigenvalue weighted by Gasteiger charge is 1.96. The number of rotatable bonds is 5. The van der Waals surface area contributed by atoms with Gasteiger partial charge in [0.1, 0.15) is 5.75 Å². The van der Waals surface area contributed by atoms with Gasteiger partial charge in [0, 0.05) is 17.8 Å². The number of hydrogen-bond acceptors (Lipinski definition) is 2. The molecule has 0 saturated carbocycles. The van der Waals surface area contributed by atoms with Crippen molar-refractivity contribution in [3.63, 3.8) is 0 Å². The van der Waals surface area contributed by atoms with Crippen LogP contribution in [0.1, 0.15) is 11.1 Å². The molecule has 0 amide bonds. The highest BCUT2D eigenvalue weighted by Crippen LogP contribution is 2.13. The molecular weight excluding hydrogens is 234 g/mol. The zero-order chi connectivity index (χ0) is 13.5. The Kier molecular flexibility index (Phi) is 4.47. The molecule has 19 heavy (non-hydrogen) atoms. The molecule has 0 fully saturated rings. The Morgan fingerprint density at radius 3 is 2.63 bits per heavy atom. The van der Waals surface area contributed by atoms with Gasteiger partial charge in [-0.3, -0.25) is 0 Å². The van der Waals surface area contributed by atoms with E-state index in [2.05, 4.69) is 23.4 Å². The van der Waals surface area contributed by atoms with Gasteiger partial charge in [-0.05, 0) is 42.3 Å². The van der Waals surface area contributed by atoms with E-state index in [0.29, 0.717) is 0 Å². The van der Waals surface area contributed by atoms with E-state index >= 15 is 0 Å². The van der Waals surface area contributed by atoms with E-state index in [9.17, 15) is 0 Å². The predicted octanol–water partition coefficient (Wildman–Crippen LogP) is 3.33. The first kappa shape index (κ1) is 13.0. The van der Waals surface area contributed by atoms with E-state index in [1.165, 1.54) is 5.56 Å². The average molecular weight is 251 g/mol. The van der Waals surface area contributed by atoms with E-state index in [0.717, 1.165) is 30.0 Å². The topological polar surface area (TPSA) is 21.3 Å². The summed E-state index contributed by atoms with van der Waals surface area (Å²) in [5.41, 5.74) is 3.24. The Hall–Kier alpha value is -2.40. The molecule has 0 radical (unpaired) electrons. The van der Waals surface area contributed by atoms with E-state index < -0.39 is 0 Å². The van der Waals surface area contributed by atoms with Gasteiger partial charge >= 0.3 is 0 Å². The summed E-state index contributed by atoms with van der Waals surface area (Å²) in [4.78, 5) is 0. The lowest BCUT2D eigenvalue weighted by atomic mass is 10.1. The molecule has 0 unspecified atom stereocenters. The number of methoxy groups -OCH3 is 1. The summed E-state index contributed by atoms with van der Waals surface area (Å²) >= 11 is 0. The number of hydrogen-bond donors (Lipinski definition) is 1. The van der Waals surface area contributed by atoms with Gasteiger partial charge in [-0.1, -0.05) is 24.1 Å². The first-order valence-electron chi connectivity index (χ1n) is 6.25. The fourth-order valence-electron chi connectivity index (χ4n) is 1.86. The lowest BCUT2D eigenvalue weighted by Gasteiger charge is -2.07. The van der Waals surface area contributed by atoms with Crippen molar-refractivity contribution in [3.8, 4) is 18.1 Å². The molecule has 0 heterocycles. The highest BCUT2D eigenvalue weighted by atomic mass is 16.5. The molecule has 0 saturated heterocycles. The molecule has 0 atom stereocenters. The van der Waals surface area contributed by atoms with Crippen LogP contribution in [0.4, 0.5) is 5.69 Å². The summed E-state index contributed by atoms with van der Waals surface area (Å²) in [5.74, 6) is 3.52. The molecule has 0 aliphatic rings. The van der Waals surface area contributed by atoms with Crippen LogP contribution in [0.2, 0.25) is 0 Å². The Labute approximate surface area is 114 Å². The first-order chi connectivity index (χ1) is 9.31. The minimum absolute atomic E-state index is 0.875. The number of anilines is 1. The summed E-state index contributed by atoms with van der Waals surface area (Å²) in [6, 6.07) is 16.0. The molecule has 0 aliphatic carbocycles. The molecule has 2 aromatic rings. The van der Waals surface area contributed by atoms with Crippen LogP contribution in [0.3, 0.4) is 0 Å². The van der Waals surface area contributed by atoms with Gasteiger partial charge in [-0.15, -0.1) is 6.42 Å². The largest absolute Gasteiger partial charge is 0.497 e. The molecule has 2 heteroatoms.